The van der Waals surface area contributed by atoms with Crippen LogP contribution in [0.5, 0.6) is 0 Å². The van der Waals surface area contributed by atoms with Crippen molar-refractivity contribution in [3.8, 4) is 0 Å². The molecule has 0 aliphatic heterocycles. The van der Waals surface area contributed by atoms with E-state index in [1.54, 1.807) is 6.92 Å². The molecule has 0 aliphatic carbocycles. The van der Waals surface area contributed by atoms with Crippen molar-refractivity contribution < 1.29 is 14.3 Å². The summed E-state index contributed by atoms with van der Waals surface area (Å²) in [6.45, 7) is 6.37. The Labute approximate surface area is 138 Å². The Kier molecular flexibility index (Phi) is 8.33. The molecular formula is C18H28N2O3. The van der Waals surface area contributed by atoms with Gasteiger partial charge < -0.3 is 15.8 Å². The van der Waals surface area contributed by atoms with E-state index in [-0.39, 0.29) is 18.4 Å². The molecule has 0 radical (unpaired) electrons. The average molecular weight is 320 g/mol. The predicted octanol–water partition coefficient (Wildman–Crippen LogP) is 1.90. The molecule has 0 fully saturated rings. The highest BCUT2D eigenvalue weighted by Crippen LogP contribution is 2.11. The summed E-state index contributed by atoms with van der Waals surface area (Å²) in [6, 6.07) is 9.14. The molecule has 3 N–H and O–H groups in total. The fourth-order valence-corrected chi connectivity index (χ4v) is 2.37. The molecule has 0 aliphatic rings. The van der Waals surface area contributed by atoms with Crippen molar-refractivity contribution in [2.24, 2.45) is 17.6 Å². The van der Waals surface area contributed by atoms with E-state index in [1.165, 1.54) is 0 Å². The smallest absolute Gasteiger partial charge is 0.311 e. The number of ether oxygens (including phenoxy) is 1. The molecule has 0 aromatic heterocycles. The minimum Gasteiger partial charge on any atom is -0.466 e. The standard InChI is InChI=1S/C18H28N2O3/c1-4-23-18(22)15(11-14-8-6-5-7-9-14)12-20-17(21)16(19)10-13(2)3/h5-9,13,15-16H,4,10-12,19H2,1-3H3,(H,20,21)/t15?,16-/m0/s1. The highest BCUT2D eigenvalue weighted by atomic mass is 16.5. The molecule has 1 rings (SSSR count). The number of amides is 1. The van der Waals surface area contributed by atoms with Gasteiger partial charge in [0, 0.05) is 6.54 Å². The zero-order chi connectivity index (χ0) is 17.2. The van der Waals surface area contributed by atoms with E-state index in [4.69, 9.17) is 10.5 Å². The van der Waals surface area contributed by atoms with Crippen molar-refractivity contribution in [2.75, 3.05) is 13.2 Å². The van der Waals surface area contributed by atoms with Crippen LogP contribution in [-0.4, -0.2) is 31.1 Å². The SMILES string of the molecule is CCOC(=O)C(CNC(=O)[C@@H](N)CC(C)C)Cc1ccccc1. The molecule has 0 saturated heterocycles. The Morgan fingerprint density at radius 1 is 1.22 bits per heavy atom. The molecule has 0 spiro atoms. The number of rotatable bonds is 9. The molecule has 5 heteroatoms. The van der Waals surface area contributed by atoms with Gasteiger partial charge >= 0.3 is 5.97 Å². The third-order valence-electron chi connectivity index (χ3n) is 3.53. The lowest BCUT2D eigenvalue weighted by Crippen LogP contribution is -2.44. The summed E-state index contributed by atoms with van der Waals surface area (Å²) in [5.74, 6) is -0.580. The van der Waals surface area contributed by atoms with Crippen LogP contribution in [0.4, 0.5) is 0 Å². The van der Waals surface area contributed by atoms with Crippen LogP contribution in [0.2, 0.25) is 0 Å². The van der Waals surface area contributed by atoms with Gasteiger partial charge in [0.1, 0.15) is 0 Å². The zero-order valence-electron chi connectivity index (χ0n) is 14.2. The summed E-state index contributed by atoms with van der Waals surface area (Å²) in [7, 11) is 0. The lowest BCUT2D eigenvalue weighted by Gasteiger charge is -2.19. The molecule has 0 heterocycles. The number of esters is 1. The number of hydrogen-bond acceptors (Lipinski definition) is 4. The second kappa shape index (κ2) is 10.0. The molecule has 2 atom stereocenters. The van der Waals surface area contributed by atoms with E-state index in [9.17, 15) is 9.59 Å². The Bertz CT molecular complexity index is 488. The molecule has 23 heavy (non-hydrogen) atoms. The number of nitrogens with two attached hydrogens (primary N) is 1. The molecule has 0 bridgehead atoms. The van der Waals surface area contributed by atoms with Gasteiger partial charge in [-0.2, -0.15) is 0 Å². The van der Waals surface area contributed by atoms with Crippen LogP contribution in [0, 0.1) is 11.8 Å². The van der Waals surface area contributed by atoms with Gasteiger partial charge in [-0.25, -0.2) is 0 Å². The first-order chi connectivity index (χ1) is 10.9. The first kappa shape index (κ1) is 19.2. The van der Waals surface area contributed by atoms with E-state index in [2.05, 4.69) is 5.32 Å². The summed E-state index contributed by atoms with van der Waals surface area (Å²) < 4.78 is 5.11. The van der Waals surface area contributed by atoms with E-state index >= 15 is 0 Å². The first-order valence-electron chi connectivity index (χ1n) is 8.17. The maximum absolute atomic E-state index is 12.1. The minimum absolute atomic E-state index is 0.221. The van der Waals surface area contributed by atoms with Gasteiger partial charge in [0.25, 0.3) is 0 Å². The number of carbonyl (C=O) groups excluding carboxylic acids is 2. The van der Waals surface area contributed by atoms with Gasteiger partial charge in [0.05, 0.1) is 18.6 Å². The van der Waals surface area contributed by atoms with Gasteiger partial charge in [-0.05, 0) is 31.2 Å². The fraction of sp³-hybridized carbons (Fsp3) is 0.556. The highest BCUT2D eigenvalue weighted by molar-refractivity contribution is 5.82. The molecule has 1 aromatic carbocycles. The maximum atomic E-state index is 12.1. The van der Waals surface area contributed by atoms with Gasteiger partial charge in [0.2, 0.25) is 5.91 Å². The quantitative estimate of drug-likeness (QED) is 0.681. The molecule has 5 nitrogen and oxygen atoms in total. The van der Waals surface area contributed by atoms with Gasteiger partial charge in [0.15, 0.2) is 0 Å². The molecule has 0 saturated carbocycles. The van der Waals surface area contributed by atoms with E-state index in [1.807, 2.05) is 44.2 Å². The van der Waals surface area contributed by atoms with Gasteiger partial charge in [-0.1, -0.05) is 44.2 Å². The Hall–Kier alpha value is -1.88. The minimum atomic E-state index is -0.547. The summed E-state index contributed by atoms with van der Waals surface area (Å²) in [5, 5.41) is 2.78. The Balaban J connectivity index is 2.62. The van der Waals surface area contributed by atoms with Crippen molar-refractivity contribution in [3.63, 3.8) is 0 Å². The van der Waals surface area contributed by atoms with Crippen LogP contribution in [0.3, 0.4) is 0 Å². The number of nitrogens with one attached hydrogen (secondary N) is 1. The molecular weight excluding hydrogens is 292 g/mol. The van der Waals surface area contributed by atoms with E-state index in [0.717, 1.165) is 5.56 Å². The lowest BCUT2D eigenvalue weighted by molar-refractivity contribution is -0.147. The number of carbonyl (C=O) groups is 2. The fourth-order valence-electron chi connectivity index (χ4n) is 2.37. The summed E-state index contributed by atoms with van der Waals surface area (Å²) in [4.78, 5) is 24.1. The van der Waals surface area contributed by atoms with Crippen molar-refractivity contribution in [1.82, 2.24) is 5.32 Å². The maximum Gasteiger partial charge on any atom is 0.311 e. The molecule has 1 aromatic rings. The summed E-state index contributed by atoms with van der Waals surface area (Å²) in [6.07, 6.45) is 1.15. The Morgan fingerprint density at radius 3 is 2.43 bits per heavy atom. The summed E-state index contributed by atoms with van der Waals surface area (Å²) >= 11 is 0. The first-order valence-corrected chi connectivity index (χ1v) is 8.17. The summed E-state index contributed by atoms with van der Waals surface area (Å²) in [5.41, 5.74) is 6.90. The van der Waals surface area contributed by atoms with Crippen LogP contribution in [0.1, 0.15) is 32.8 Å². The van der Waals surface area contributed by atoms with Crippen molar-refractivity contribution in [2.45, 2.75) is 39.7 Å². The number of benzene rings is 1. The largest absolute Gasteiger partial charge is 0.466 e. The van der Waals surface area contributed by atoms with Gasteiger partial charge in [-0.3, -0.25) is 9.59 Å². The zero-order valence-corrected chi connectivity index (χ0v) is 14.2. The topological polar surface area (TPSA) is 81.4 Å². The van der Waals surface area contributed by atoms with Crippen LogP contribution >= 0.6 is 0 Å². The van der Waals surface area contributed by atoms with Crippen LogP contribution in [-0.2, 0) is 20.7 Å². The highest BCUT2D eigenvalue weighted by Gasteiger charge is 2.23. The van der Waals surface area contributed by atoms with Crippen LogP contribution in [0.25, 0.3) is 0 Å². The Morgan fingerprint density at radius 2 is 1.87 bits per heavy atom. The second-order valence-corrected chi connectivity index (χ2v) is 6.12. The molecule has 128 valence electrons. The third-order valence-corrected chi connectivity index (χ3v) is 3.53. The molecule has 1 amide bonds. The second-order valence-electron chi connectivity index (χ2n) is 6.12. The third kappa shape index (κ3) is 7.28. The van der Waals surface area contributed by atoms with Crippen LogP contribution < -0.4 is 11.1 Å². The van der Waals surface area contributed by atoms with Crippen molar-refractivity contribution >= 4 is 11.9 Å². The molecule has 1 unspecified atom stereocenters. The number of hydrogen-bond donors (Lipinski definition) is 2. The van der Waals surface area contributed by atoms with Crippen molar-refractivity contribution in [1.29, 1.82) is 0 Å². The van der Waals surface area contributed by atoms with E-state index < -0.39 is 12.0 Å². The van der Waals surface area contributed by atoms with Crippen molar-refractivity contribution in [3.05, 3.63) is 35.9 Å². The predicted molar refractivity (Wildman–Crippen MR) is 90.7 cm³/mol. The lowest BCUT2D eigenvalue weighted by atomic mass is 9.98. The van der Waals surface area contributed by atoms with Crippen LogP contribution in [0.15, 0.2) is 30.3 Å². The monoisotopic (exact) mass is 320 g/mol. The normalized spacial score (nSPS) is 13.4. The average Bonchev–Trinajstić information content (AvgIpc) is 2.51. The van der Waals surface area contributed by atoms with Gasteiger partial charge in [-0.15, -0.1) is 0 Å². The van der Waals surface area contributed by atoms with E-state index in [0.29, 0.717) is 25.4 Å².